The van der Waals surface area contributed by atoms with E-state index in [1.54, 1.807) is 18.2 Å². The topological polar surface area (TPSA) is 108 Å². The van der Waals surface area contributed by atoms with E-state index in [-0.39, 0.29) is 32.7 Å². The standard InChI is InChI=1S/C13H14N4O3/c14-7-3-8-20-13(18)6-9-19-10-11-4-1-2-5-12(11)16-17-15/h1-2,4-5H,3,6,8-10H2. The van der Waals surface area contributed by atoms with Gasteiger partial charge in [-0.3, -0.25) is 4.79 Å². The van der Waals surface area contributed by atoms with Crippen molar-refractivity contribution in [1.29, 1.82) is 5.26 Å². The highest BCUT2D eigenvalue weighted by Crippen LogP contribution is 2.19. The van der Waals surface area contributed by atoms with Gasteiger partial charge in [0.1, 0.15) is 6.61 Å². The molecule has 1 aromatic rings. The molecule has 0 N–H and O–H groups in total. The molecule has 0 atom stereocenters. The summed E-state index contributed by atoms with van der Waals surface area (Å²) in [4.78, 5) is 14.0. The van der Waals surface area contributed by atoms with Gasteiger partial charge in [0.25, 0.3) is 0 Å². The van der Waals surface area contributed by atoms with Crippen molar-refractivity contribution in [1.82, 2.24) is 0 Å². The second kappa shape index (κ2) is 9.39. The molecule has 0 radical (unpaired) electrons. The van der Waals surface area contributed by atoms with Crippen molar-refractivity contribution >= 4 is 11.7 Å². The minimum absolute atomic E-state index is 0.106. The zero-order chi connectivity index (χ0) is 14.6. The highest BCUT2D eigenvalue weighted by Gasteiger charge is 2.04. The summed E-state index contributed by atoms with van der Waals surface area (Å²) in [6.07, 6.45) is 0.307. The Morgan fingerprint density at radius 2 is 2.20 bits per heavy atom. The van der Waals surface area contributed by atoms with Crippen molar-refractivity contribution in [2.24, 2.45) is 5.11 Å². The minimum Gasteiger partial charge on any atom is -0.465 e. The van der Waals surface area contributed by atoms with Crippen LogP contribution >= 0.6 is 0 Å². The van der Waals surface area contributed by atoms with E-state index in [9.17, 15) is 4.79 Å². The van der Waals surface area contributed by atoms with Gasteiger partial charge in [0.05, 0.1) is 32.1 Å². The van der Waals surface area contributed by atoms with E-state index in [1.807, 2.05) is 12.1 Å². The smallest absolute Gasteiger partial charge is 0.308 e. The van der Waals surface area contributed by atoms with Crippen LogP contribution in [0.5, 0.6) is 0 Å². The molecule has 0 saturated heterocycles. The van der Waals surface area contributed by atoms with Crippen LogP contribution in [0.4, 0.5) is 5.69 Å². The van der Waals surface area contributed by atoms with Crippen LogP contribution in [0.2, 0.25) is 0 Å². The van der Waals surface area contributed by atoms with Crippen LogP contribution in [-0.4, -0.2) is 19.2 Å². The molecule has 0 amide bonds. The van der Waals surface area contributed by atoms with Gasteiger partial charge in [0.2, 0.25) is 0 Å². The predicted octanol–water partition coefficient (Wildman–Crippen LogP) is 2.99. The normalized spacial score (nSPS) is 9.35. The van der Waals surface area contributed by atoms with Crippen LogP contribution in [0.25, 0.3) is 10.4 Å². The third-order valence-electron chi connectivity index (χ3n) is 2.33. The number of hydrogen-bond acceptors (Lipinski definition) is 5. The molecule has 104 valence electrons. The number of nitriles is 1. The van der Waals surface area contributed by atoms with Crippen molar-refractivity contribution in [3.05, 3.63) is 40.3 Å². The average molecular weight is 274 g/mol. The Bertz CT molecular complexity index is 533. The van der Waals surface area contributed by atoms with Crippen LogP contribution in [-0.2, 0) is 20.9 Å². The highest BCUT2D eigenvalue weighted by atomic mass is 16.5. The molecular formula is C13H14N4O3. The van der Waals surface area contributed by atoms with Gasteiger partial charge in [0.15, 0.2) is 0 Å². The summed E-state index contributed by atoms with van der Waals surface area (Å²) in [7, 11) is 0. The number of nitrogens with zero attached hydrogens (tertiary/aromatic N) is 4. The van der Waals surface area contributed by atoms with Crippen LogP contribution in [0.15, 0.2) is 29.4 Å². The van der Waals surface area contributed by atoms with Gasteiger partial charge in [-0.15, -0.1) is 0 Å². The van der Waals surface area contributed by atoms with Crippen molar-refractivity contribution in [2.75, 3.05) is 13.2 Å². The van der Waals surface area contributed by atoms with E-state index >= 15 is 0 Å². The number of esters is 1. The lowest BCUT2D eigenvalue weighted by molar-refractivity contribution is -0.144. The fraction of sp³-hybridized carbons (Fsp3) is 0.385. The Morgan fingerprint density at radius 1 is 1.40 bits per heavy atom. The molecule has 0 bridgehead atoms. The Hall–Kier alpha value is -2.55. The summed E-state index contributed by atoms with van der Waals surface area (Å²) in [5.74, 6) is -0.399. The molecule has 0 aliphatic rings. The monoisotopic (exact) mass is 274 g/mol. The van der Waals surface area contributed by atoms with Gasteiger partial charge < -0.3 is 9.47 Å². The zero-order valence-corrected chi connectivity index (χ0v) is 10.9. The molecular weight excluding hydrogens is 260 g/mol. The number of hydrogen-bond donors (Lipinski definition) is 0. The molecule has 1 aromatic carbocycles. The summed E-state index contributed by atoms with van der Waals surface area (Å²) in [6, 6.07) is 8.93. The van der Waals surface area contributed by atoms with Crippen LogP contribution in [0.1, 0.15) is 18.4 Å². The number of carbonyl (C=O) groups is 1. The Kier molecular flexibility index (Phi) is 7.28. The molecule has 0 aliphatic heterocycles. The Balaban J connectivity index is 2.29. The lowest BCUT2D eigenvalue weighted by Crippen LogP contribution is -2.09. The maximum Gasteiger partial charge on any atom is 0.308 e. The molecule has 1 rings (SSSR count). The molecule has 20 heavy (non-hydrogen) atoms. The first-order chi connectivity index (χ1) is 9.77. The van der Waals surface area contributed by atoms with Crippen LogP contribution < -0.4 is 0 Å². The second-order valence-electron chi connectivity index (χ2n) is 3.75. The first kappa shape index (κ1) is 15.5. The first-order valence-corrected chi connectivity index (χ1v) is 6.01. The average Bonchev–Trinajstić information content (AvgIpc) is 2.46. The molecule has 0 aliphatic carbocycles. The summed E-state index contributed by atoms with van der Waals surface area (Å²) >= 11 is 0. The molecule has 0 aromatic heterocycles. The summed E-state index contributed by atoms with van der Waals surface area (Å²) in [5, 5.41) is 11.8. The lowest BCUT2D eigenvalue weighted by Gasteiger charge is -2.06. The van der Waals surface area contributed by atoms with Crippen molar-refractivity contribution < 1.29 is 14.3 Å². The number of benzene rings is 1. The number of carbonyl (C=O) groups excluding carboxylic acids is 1. The van der Waals surface area contributed by atoms with E-state index in [0.29, 0.717) is 5.69 Å². The van der Waals surface area contributed by atoms with Gasteiger partial charge in [-0.2, -0.15) is 5.26 Å². The number of rotatable bonds is 8. The maximum atomic E-state index is 11.2. The van der Waals surface area contributed by atoms with Crippen LogP contribution in [0.3, 0.4) is 0 Å². The van der Waals surface area contributed by atoms with E-state index < -0.39 is 5.97 Å². The van der Waals surface area contributed by atoms with E-state index in [0.717, 1.165) is 5.56 Å². The molecule has 0 heterocycles. The fourth-order valence-electron chi connectivity index (χ4n) is 1.40. The molecule has 7 nitrogen and oxygen atoms in total. The third kappa shape index (κ3) is 5.87. The van der Waals surface area contributed by atoms with E-state index in [4.69, 9.17) is 20.3 Å². The summed E-state index contributed by atoms with van der Waals surface area (Å²) in [6.45, 7) is 0.561. The first-order valence-electron chi connectivity index (χ1n) is 6.01. The van der Waals surface area contributed by atoms with Crippen molar-refractivity contribution in [3.63, 3.8) is 0 Å². The third-order valence-corrected chi connectivity index (χ3v) is 2.33. The summed E-state index contributed by atoms with van der Waals surface area (Å²) < 4.78 is 10.1. The Morgan fingerprint density at radius 3 is 2.95 bits per heavy atom. The molecule has 0 unspecified atom stereocenters. The van der Waals surface area contributed by atoms with Crippen molar-refractivity contribution in [2.45, 2.75) is 19.4 Å². The SMILES string of the molecule is N#CCCOC(=O)CCOCc1ccccc1N=[N+]=[N-]. The van der Waals surface area contributed by atoms with Gasteiger partial charge in [0, 0.05) is 10.6 Å². The highest BCUT2D eigenvalue weighted by molar-refractivity contribution is 5.69. The molecule has 0 spiro atoms. The number of ether oxygens (including phenoxy) is 2. The fourth-order valence-corrected chi connectivity index (χ4v) is 1.40. The lowest BCUT2D eigenvalue weighted by atomic mass is 10.2. The maximum absolute atomic E-state index is 11.2. The molecule has 0 saturated carbocycles. The zero-order valence-electron chi connectivity index (χ0n) is 10.9. The molecule has 0 fully saturated rings. The second-order valence-corrected chi connectivity index (χ2v) is 3.75. The van der Waals surface area contributed by atoms with Gasteiger partial charge in [-0.25, -0.2) is 0 Å². The number of azide groups is 1. The quantitative estimate of drug-likeness (QED) is 0.238. The minimum atomic E-state index is -0.399. The van der Waals surface area contributed by atoms with Crippen LogP contribution in [0, 0.1) is 11.3 Å². The van der Waals surface area contributed by atoms with E-state index in [1.165, 1.54) is 0 Å². The Labute approximate surface area is 116 Å². The van der Waals surface area contributed by atoms with Gasteiger partial charge >= 0.3 is 5.97 Å². The van der Waals surface area contributed by atoms with Gasteiger partial charge in [-0.1, -0.05) is 29.4 Å². The summed E-state index contributed by atoms with van der Waals surface area (Å²) in [5.41, 5.74) is 9.68. The molecule has 7 heteroatoms. The largest absolute Gasteiger partial charge is 0.465 e. The van der Waals surface area contributed by atoms with Crippen molar-refractivity contribution in [3.8, 4) is 6.07 Å². The van der Waals surface area contributed by atoms with Gasteiger partial charge in [-0.05, 0) is 11.1 Å². The predicted molar refractivity (Wildman–Crippen MR) is 70.7 cm³/mol. The van der Waals surface area contributed by atoms with E-state index in [2.05, 4.69) is 10.0 Å².